The van der Waals surface area contributed by atoms with Crippen LogP contribution in [0.2, 0.25) is 0 Å². The van der Waals surface area contributed by atoms with Gasteiger partial charge in [0.05, 0.1) is 17.9 Å². The first kappa shape index (κ1) is 20.1. The predicted octanol–water partition coefficient (Wildman–Crippen LogP) is 3.37. The number of benzene rings is 2. The molecule has 1 amide bonds. The summed E-state index contributed by atoms with van der Waals surface area (Å²) in [4.78, 5) is 20.5. The van der Waals surface area contributed by atoms with Gasteiger partial charge in [0.15, 0.2) is 24.0 Å². The van der Waals surface area contributed by atoms with Gasteiger partial charge in [-0.2, -0.15) is 5.10 Å². The van der Waals surface area contributed by atoms with Gasteiger partial charge in [0.25, 0.3) is 5.91 Å². The van der Waals surface area contributed by atoms with Crippen molar-refractivity contribution in [1.29, 1.82) is 0 Å². The number of aromatic hydroxyl groups is 1. The summed E-state index contributed by atoms with van der Waals surface area (Å²) in [6.07, 6.45) is 3.06. The molecular weight excluding hydrogens is 396 g/mol. The number of rotatable bonds is 7. The SMILES string of the molecule is CC(C)NC(=O)COc1cccc(-c2ncc(O)c(Nc3ccc4[nH]ncc4c3)n2)c1. The lowest BCUT2D eigenvalue weighted by molar-refractivity contribution is -0.123. The van der Waals surface area contributed by atoms with E-state index in [1.807, 2.05) is 38.1 Å². The Kier molecular flexibility index (Phi) is 5.65. The lowest BCUT2D eigenvalue weighted by Crippen LogP contribution is -2.34. The highest BCUT2D eigenvalue weighted by Gasteiger charge is 2.11. The van der Waals surface area contributed by atoms with E-state index in [-0.39, 0.29) is 30.1 Å². The van der Waals surface area contributed by atoms with E-state index in [4.69, 9.17) is 4.74 Å². The molecule has 4 rings (SSSR count). The first-order valence-corrected chi connectivity index (χ1v) is 9.77. The van der Waals surface area contributed by atoms with Crippen LogP contribution >= 0.6 is 0 Å². The first-order valence-electron chi connectivity index (χ1n) is 9.77. The van der Waals surface area contributed by atoms with Gasteiger partial charge in [-0.05, 0) is 44.2 Å². The Morgan fingerprint density at radius 1 is 1.19 bits per heavy atom. The third-order valence-corrected chi connectivity index (χ3v) is 4.38. The summed E-state index contributed by atoms with van der Waals surface area (Å²) >= 11 is 0. The normalized spacial score (nSPS) is 10.9. The van der Waals surface area contributed by atoms with Crippen LogP contribution in [0.4, 0.5) is 11.5 Å². The molecule has 2 heterocycles. The molecule has 0 aliphatic carbocycles. The molecule has 4 N–H and O–H groups in total. The summed E-state index contributed by atoms with van der Waals surface area (Å²) in [6, 6.07) is 12.8. The maximum Gasteiger partial charge on any atom is 0.258 e. The first-order chi connectivity index (χ1) is 15.0. The van der Waals surface area contributed by atoms with Gasteiger partial charge in [-0.25, -0.2) is 9.97 Å². The monoisotopic (exact) mass is 418 g/mol. The highest BCUT2D eigenvalue weighted by Crippen LogP contribution is 2.29. The van der Waals surface area contributed by atoms with Crippen molar-refractivity contribution < 1.29 is 14.6 Å². The Labute approximate surface area is 178 Å². The van der Waals surface area contributed by atoms with Crippen LogP contribution in [0.3, 0.4) is 0 Å². The summed E-state index contributed by atoms with van der Waals surface area (Å²) in [6.45, 7) is 3.69. The van der Waals surface area contributed by atoms with Crippen molar-refractivity contribution in [3.8, 4) is 22.9 Å². The minimum Gasteiger partial charge on any atom is -0.503 e. The maximum atomic E-state index is 11.8. The van der Waals surface area contributed by atoms with Gasteiger partial charge in [-0.15, -0.1) is 0 Å². The van der Waals surface area contributed by atoms with E-state index in [0.717, 1.165) is 16.6 Å². The number of H-pyrrole nitrogens is 1. The van der Waals surface area contributed by atoms with Crippen LogP contribution in [0.15, 0.2) is 54.9 Å². The Balaban J connectivity index is 1.53. The molecular formula is C22H22N6O3. The van der Waals surface area contributed by atoms with Crippen LogP contribution in [-0.4, -0.2) is 43.8 Å². The number of fused-ring (bicyclic) bond motifs is 1. The van der Waals surface area contributed by atoms with E-state index in [2.05, 4.69) is 30.8 Å². The molecule has 0 saturated carbocycles. The van der Waals surface area contributed by atoms with Gasteiger partial charge in [0.2, 0.25) is 0 Å². The van der Waals surface area contributed by atoms with Gasteiger partial charge in [0.1, 0.15) is 5.75 Å². The van der Waals surface area contributed by atoms with Crippen LogP contribution in [-0.2, 0) is 4.79 Å². The Bertz CT molecular complexity index is 1220. The fourth-order valence-electron chi connectivity index (χ4n) is 3.00. The quantitative estimate of drug-likeness (QED) is 0.363. The van der Waals surface area contributed by atoms with Crippen molar-refractivity contribution in [3.63, 3.8) is 0 Å². The number of carbonyl (C=O) groups excluding carboxylic acids is 1. The standard InChI is InChI=1S/C22H22N6O3/c1-13(2)25-20(30)12-31-17-5-3-4-14(9-17)21-23-11-19(29)22(27-21)26-16-6-7-18-15(8-16)10-24-28-18/h3-11,13,29H,12H2,1-2H3,(H,24,28)(H,25,30)(H,23,26,27). The summed E-state index contributed by atoms with van der Waals surface area (Å²) in [5, 5.41) is 23.9. The molecule has 31 heavy (non-hydrogen) atoms. The van der Waals surface area contributed by atoms with E-state index in [0.29, 0.717) is 17.1 Å². The lowest BCUT2D eigenvalue weighted by atomic mass is 10.2. The molecule has 9 heteroatoms. The molecule has 2 aromatic heterocycles. The second-order valence-electron chi connectivity index (χ2n) is 7.26. The lowest BCUT2D eigenvalue weighted by Gasteiger charge is -2.11. The number of nitrogens with zero attached hydrogens (tertiary/aromatic N) is 3. The number of hydrogen-bond acceptors (Lipinski definition) is 7. The molecule has 0 saturated heterocycles. The molecule has 0 aliphatic heterocycles. The zero-order chi connectivity index (χ0) is 21.8. The number of nitrogens with one attached hydrogen (secondary N) is 3. The summed E-state index contributed by atoms with van der Waals surface area (Å²) in [7, 11) is 0. The largest absolute Gasteiger partial charge is 0.503 e. The predicted molar refractivity (Wildman–Crippen MR) is 117 cm³/mol. The molecule has 0 spiro atoms. The van der Waals surface area contributed by atoms with Crippen molar-refractivity contribution in [2.75, 3.05) is 11.9 Å². The molecule has 0 aliphatic rings. The zero-order valence-electron chi connectivity index (χ0n) is 17.1. The van der Waals surface area contributed by atoms with Gasteiger partial charge in [0, 0.05) is 22.7 Å². The number of carbonyl (C=O) groups is 1. The van der Waals surface area contributed by atoms with Crippen molar-refractivity contribution in [3.05, 3.63) is 54.9 Å². The van der Waals surface area contributed by atoms with Crippen LogP contribution in [0, 0.1) is 0 Å². The van der Waals surface area contributed by atoms with Gasteiger partial charge >= 0.3 is 0 Å². The highest BCUT2D eigenvalue weighted by molar-refractivity contribution is 5.83. The van der Waals surface area contributed by atoms with E-state index >= 15 is 0 Å². The number of amides is 1. The third kappa shape index (κ3) is 4.89. The molecule has 2 aromatic carbocycles. The van der Waals surface area contributed by atoms with E-state index in [1.165, 1.54) is 6.20 Å². The number of anilines is 2. The van der Waals surface area contributed by atoms with Crippen LogP contribution in [0.25, 0.3) is 22.3 Å². The van der Waals surface area contributed by atoms with Crippen molar-refractivity contribution >= 4 is 28.3 Å². The molecule has 0 atom stereocenters. The average molecular weight is 418 g/mol. The molecule has 9 nitrogen and oxygen atoms in total. The highest BCUT2D eigenvalue weighted by atomic mass is 16.5. The van der Waals surface area contributed by atoms with Gasteiger partial charge in [-0.1, -0.05) is 12.1 Å². The fourth-order valence-corrected chi connectivity index (χ4v) is 3.00. The molecule has 158 valence electrons. The van der Waals surface area contributed by atoms with Crippen molar-refractivity contribution in [2.24, 2.45) is 0 Å². The molecule has 0 unspecified atom stereocenters. The number of aromatic amines is 1. The number of aromatic nitrogens is 4. The second kappa shape index (κ2) is 8.70. The molecule has 0 radical (unpaired) electrons. The zero-order valence-corrected chi connectivity index (χ0v) is 17.1. The third-order valence-electron chi connectivity index (χ3n) is 4.38. The fraction of sp³-hybridized carbons (Fsp3) is 0.182. The van der Waals surface area contributed by atoms with Gasteiger partial charge < -0.3 is 20.5 Å². The second-order valence-corrected chi connectivity index (χ2v) is 7.26. The summed E-state index contributed by atoms with van der Waals surface area (Å²) in [5.74, 6) is 0.932. The minimum absolute atomic E-state index is 0.0490. The maximum absolute atomic E-state index is 11.8. The summed E-state index contributed by atoms with van der Waals surface area (Å²) in [5.41, 5.74) is 2.36. The Morgan fingerprint density at radius 3 is 2.90 bits per heavy atom. The Morgan fingerprint density at radius 2 is 2.06 bits per heavy atom. The van der Waals surface area contributed by atoms with Crippen LogP contribution in [0.5, 0.6) is 11.5 Å². The van der Waals surface area contributed by atoms with E-state index in [9.17, 15) is 9.90 Å². The van der Waals surface area contributed by atoms with Crippen molar-refractivity contribution in [1.82, 2.24) is 25.5 Å². The average Bonchev–Trinajstić information content (AvgIpc) is 3.21. The Hall–Kier alpha value is -4.14. The van der Waals surface area contributed by atoms with Crippen LogP contribution in [0.1, 0.15) is 13.8 Å². The molecule has 4 aromatic rings. The number of hydrogen-bond donors (Lipinski definition) is 4. The minimum atomic E-state index is -0.192. The van der Waals surface area contributed by atoms with Gasteiger partial charge in [-0.3, -0.25) is 9.89 Å². The summed E-state index contributed by atoms with van der Waals surface area (Å²) < 4.78 is 5.57. The molecule has 0 fully saturated rings. The van der Waals surface area contributed by atoms with E-state index in [1.54, 1.807) is 24.4 Å². The smallest absolute Gasteiger partial charge is 0.258 e. The molecule has 0 bridgehead atoms. The van der Waals surface area contributed by atoms with Crippen LogP contribution < -0.4 is 15.4 Å². The van der Waals surface area contributed by atoms with Crippen molar-refractivity contribution in [2.45, 2.75) is 19.9 Å². The van der Waals surface area contributed by atoms with E-state index < -0.39 is 0 Å². The number of ether oxygens (including phenoxy) is 1. The topological polar surface area (TPSA) is 125 Å².